The molecule has 1 saturated heterocycles. The Bertz CT molecular complexity index is 1040. The molecule has 1 aliphatic rings. The summed E-state index contributed by atoms with van der Waals surface area (Å²) in [5, 5.41) is 5.77. The minimum Gasteiger partial charge on any atom is -0.439 e. The number of hydrogen-bond acceptors (Lipinski definition) is 4. The number of carbonyl (C=O) groups excluding carboxylic acids is 2. The van der Waals surface area contributed by atoms with Crippen molar-refractivity contribution in [3.05, 3.63) is 84.1 Å². The number of nitrogens with zero attached hydrogens (tertiary/aromatic N) is 2. The van der Waals surface area contributed by atoms with E-state index >= 15 is 0 Å². The smallest absolute Gasteiger partial charge is 0.322 e. The molecule has 0 radical (unpaired) electrons. The molecule has 2 aromatic carbocycles. The topological polar surface area (TPSA) is 83.6 Å². The molecule has 158 valence electrons. The fraction of sp³-hybridized carbons (Fsp3) is 0.208. The van der Waals surface area contributed by atoms with Crippen molar-refractivity contribution in [2.24, 2.45) is 0 Å². The summed E-state index contributed by atoms with van der Waals surface area (Å²) in [6.07, 6.45) is 1.97. The second-order valence-electron chi connectivity index (χ2n) is 7.40. The van der Waals surface area contributed by atoms with Gasteiger partial charge in [0.25, 0.3) is 0 Å². The molecule has 2 heterocycles. The fourth-order valence-electron chi connectivity index (χ4n) is 3.48. The summed E-state index contributed by atoms with van der Waals surface area (Å²) in [5.74, 6) is 1.08. The third-order valence-electron chi connectivity index (χ3n) is 5.09. The van der Waals surface area contributed by atoms with Gasteiger partial charge in [-0.2, -0.15) is 0 Å². The number of pyridine rings is 1. The maximum atomic E-state index is 13.1. The third-order valence-corrected chi connectivity index (χ3v) is 5.09. The van der Waals surface area contributed by atoms with Crippen LogP contribution in [0.3, 0.4) is 0 Å². The van der Waals surface area contributed by atoms with E-state index in [1.807, 2.05) is 49.4 Å². The van der Waals surface area contributed by atoms with Crippen LogP contribution in [0.15, 0.2) is 72.9 Å². The van der Waals surface area contributed by atoms with E-state index in [-0.39, 0.29) is 24.4 Å². The zero-order valence-electron chi connectivity index (χ0n) is 17.2. The van der Waals surface area contributed by atoms with Crippen LogP contribution in [0, 0.1) is 6.92 Å². The average molecular weight is 416 g/mol. The number of aryl methyl sites for hydroxylation is 1. The van der Waals surface area contributed by atoms with Gasteiger partial charge in [0.15, 0.2) is 0 Å². The van der Waals surface area contributed by atoms with Crippen molar-refractivity contribution in [3.63, 3.8) is 0 Å². The van der Waals surface area contributed by atoms with Crippen LogP contribution in [0.4, 0.5) is 10.5 Å². The predicted molar refractivity (Wildman–Crippen MR) is 118 cm³/mol. The number of urea groups is 1. The number of hydrogen-bond donors (Lipinski definition) is 2. The predicted octanol–water partition coefficient (Wildman–Crippen LogP) is 4.28. The number of anilines is 1. The van der Waals surface area contributed by atoms with E-state index in [0.717, 1.165) is 11.1 Å². The molecule has 1 atom stereocenters. The van der Waals surface area contributed by atoms with E-state index in [0.29, 0.717) is 30.4 Å². The SMILES string of the molecule is Cc1ccc(Oc2ccc(NC(=O)N3CCNC(=O)CC3c3ccccc3)cc2)nc1. The molecule has 1 aromatic heterocycles. The van der Waals surface area contributed by atoms with Gasteiger partial charge >= 0.3 is 6.03 Å². The van der Waals surface area contributed by atoms with Gasteiger partial charge in [-0.1, -0.05) is 36.4 Å². The van der Waals surface area contributed by atoms with Crippen molar-refractivity contribution >= 4 is 17.6 Å². The Labute approximate surface area is 181 Å². The van der Waals surface area contributed by atoms with Gasteiger partial charge in [-0.3, -0.25) is 4.79 Å². The van der Waals surface area contributed by atoms with Crippen LogP contribution in [0.2, 0.25) is 0 Å². The van der Waals surface area contributed by atoms with Crippen molar-refractivity contribution in [3.8, 4) is 11.6 Å². The van der Waals surface area contributed by atoms with Crippen LogP contribution in [0.25, 0.3) is 0 Å². The quantitative estimate of drug-likeness (QED) is 0.665. The molecule has 7 heteroatoms. The van der Waals surface area contributed by atoms with E-state index in [2.05, 4.69) is 15.6 Å². The van der Waals surface area contributed by atoms with Crippen molar-refractivity contribution in [1.82, 2.24) is 15.2 Å². The minimum absolute atomic E-state index is 0.0598. The van der Waals surface area contributed by atoms with E-state index in [1.165, 1.54) is 0 Å². The van der Waals surface area contributed by atoms with Gasteiger partial charge in [-0.15, -0.1) is 0 Å². The molecule has 0 saturated carbocycles. The van der Waals surface area contributed by atoms with E-state index in [1.54, 1.807) is 35.4 Å². The molecule has 0 aliphatic carbocycles. The first-order valence-corrected chi connectivity index (χ1v) is 10.2. The molecule has 3 aromatic rings. The molecule has 0 bridgehead atoms. The zero-order chi connectivity index (χ0) is 21.6. The zero-order valence-corrected chi connectivity index (χ0v) is 17.2. The molecule has 2 N–H and O–H groups in total. The standard InChI is InChI=1S/C24H24N4O3/c1-17-7-12-23(26-16-17)31-20-10-8-19(9-11-20)27-24(30)28-14-13-25-22(29)15-21(28)18-5-3-2-4-6-18/h2-12,16,21H,13-15H2,1H3,(H,25,29)(H,27,30). The maximum absolute atomic E-state index is 13.1. The number of rotatable bonds is 4. The Balaban J connectivity index is 1.45. The molecule has 31 heavy (non-hydrogen) atoms. The minimum atomic E-state index is -0.320. The maximum Gasteiger partial charge on any atom is 0.322 e. The first-order valence-electron chi connectivity index (χ1n) is 10.2. The highest BCUT2D eigenvalue weighted by molar-refractivity contribution is 5.90. The molecule has 0 spiro atoms. The summed E-state index contributed by atoms with van der Waals surface area (Å²) < 4.78 is 5.73. The van der Waals surface area contributed by atoms with Gasteiger partial charge in [0, 0.05) is 31.0 Å². The molecular formula is C24H24N4O3. The highest BCUT2D eigenvalue weighted by Gasteiger charge is 2.29. The van der Waals surface area contributed by atoms with Gasteiger partial charge in [0.05, 0.1) is 12.5 Å². The molecule has 1 aliphatic heterocycles. The summed E-state index contributed by atoms with van der Waals surface area (Å²) >= 11 is 0. The number of nitrogens with one attached hydrogen (secondary N) is 2. The van der Waals surface area contributed by atoms with Crippen LogP contribution >= 0.6 is 0 Å². The van der Waals surface area contributed by atoms with Crippen LogP contribution in [0.1, 0.15) is 23.6 Å². The molecule has 3 amide bonds. The second kappa shape index (κ2) is 9.30. The lowest BCUT2D eigenvalue weighted by Gasteiger charge is -2.29. The molecule has 1 fully saturated rings. The summed E-state index contributed by atoms with van der Waals surface area (Å²) in [5.41, 5.74) is 2.64. The first kappa shape index (κ1) is 20.4. The van der Waals surface area contributed by atoms with Gasteiger partial charge in [-0.05, 0) is 42.3 Å². The normalized spacial score (nSPS) is 16.2. The van der Waals surface area contributed by atoms with Crippen LogP contribution in [-0.2, 0) is 4.79 Å². The van der Waals surface area contributed by atoms with Gasteiger partial charge in [0.2, 0.25) is 11.8 Å². The highest BCUT2D eigenvalue weighted by atomic mass is 16.5. The number of amides is 3. The number of ether oxygens (including phenoxy) is 1. The molecule has 7 nitrogen and oxygen atoms in total. The Hall–Kier alpha value is -3.87. The van der Waals surface area contributed by atoms with Crippen molar-refractivity contribution < 1.29 is 14.3 Å². The van der Waals surface area contributed by atoms with Crippen molar-refractivity contribution in [2.75, 3.05) is 18.4 Å². The lowest BCUT2D eigenvalue weighted by Crippen LogP contribution is -2.39. The Morgan fingerprint density at radius 1 is 1.10 bits per heavy atom. The number of benzene rings is 2. The van der Waals surface area contributed by atoms with E-state index < -0.39 is 0 Å². The summed E-state index contributed by atoms with van der Waals surface area (Å²) in [4.78, 5) is 31.1. The lowest BCUT2D eigenvalue weighted by atomic mass is 10.0. The summed E-state index contributed by atoms with van der Waals surface area (Å²) in [6, 6.07) is 19.9. The third kappa shape index (κ3) is 5.19. The Kier molecular flexibility index (Phi) is 6.12. The van der Waals surface area contributed by atoms with Gasteiger partial charge in [0.1, 0.15) is 5.75 Å². The fourth-order valence-corrected chi connectivity index (χ4v) is 3.48. The highest BCUT2D eigenvalue weighted by Crippen LogP contribution is 2.27. The second-order valence-corrected chi connectivity index (χ2v) is 7.40. The van der Waals surface area contributed by atoms with E-state index in [9.17, 15) is 9.59 Å². The van der Waals surface area contributed by atoms with Crippen LogP contribution in [0.5, 0.6) is 11.6 Å². The average Bonchev–Trinajstić information content (AvgIpc) is 2.99. The van der Waals surface area contributed by atoms with Crippen molar-refractivity contribution in [2.45, 2.75) is 19.4 Å². The Morgan fingerprint density at radius 3 is 2.58 bits per heavy atom. The lowest BCUT2D eigenvalue weighted by molar-refractivity contribution is -0.121. The number of aromatic nitrogens is 1. The molecular weight excluding hydrogens is 392 g/mol. The Morgan fingerprint density at radius 2 is 1.87 bits per heavy atom. The van der Waals surface area contributed by atoms with Crippen LogP contribution < -0.4 is 15.4 Å². The number of carbonyl (C=O) groups is 2. The molecule has 4 rings (SSSR count). The van der Waals surface area contributed by atoms with Gasteiger partial charge in [-0.25, -0.2) is 9.78 Å². The molecule has 1 unspecified atom stereocenters. The summed E-state index contributed by atoms with van der Waals surface area (Å²) in [6.45, 7) is 2.82. The largest absolute Gasteiger partial charge is 0.439 e. The monoisotopic (exact) mass is 416 g/mol. The van der Waals surface area contributed by atoms with Gasteiger partial charge < -0.3 is 20.3 Å². The first-order chi connectivity index (χ1) is 15.1. The van der Waals surface area contributed by atoms with Crippen molar-refractivity contribution in [1.29, 1.82) is 0 Å². The van der Waals surface area contributed by atoms with Crippen LogP contribution in [-0.4, -0.2) is 34.9 Å². The summed E-state index contributed by atoms with van der Waals surface area (Å²) in [7, 11) is 0. The van der Waals surface area contributed by atoms with E-state index in [4.69, 9.17) is 4.74 Å².